The molecule has 0 saturated carbocycles. The molecule has 0 atom stereocenters. The fourth-order valence-corrected chi connectivity index (χ4v) is 4.06. The van der Waals surface area contributed by atoms with Gasteiger partial charge in [-0.2, -0.15) is 0 Å². The number of aryl methyl sites for hydroxylation is 2. The van der Waals surface area contributed by atoms with Crippen molar-refractivity contribution in [2.75, 3.05) is 17.5 Å². The number of carbonyl (C=O) groups is 1. The summed E-state index contributed by atoms with van der Waals surface area (Å²) in [5, 5.41) is 22.1. The molecular formula is C14H16N2O6S. The molecule has 0 aliphatic carbocycles. The molecule has 0 unspecified atom stereocenters. The number of hydrogen-bond acceptors (Lipinski definition) is 6. The van der Waals surface area contributed by atoms with E-state index in [2.05, 4.69) is 5.16 Å². The first-order chi connectivity index (χ1) is 10.8. The number of anilines is 1. The molecule has 0 bridgehead atoms. The Morgan fingerprint density at radius 3 is 2.48 bits per heavy atom. The Bertz CT molecular complexity index is 808. The van der Waals surface area contributed by atoms with Gasteiger partial charge in [0.2, 0.25) is 0 Å². The minimum absolute atomic E-state index is 0.0333. The summed E-state index contributed by atoms with van der Waals surface area (Å²) >= 11 is 0. The summed E-state index contributed by atoms with van der Waals surface area (Å²) in [5.41, 5.74) is -0.0522. The minimum Gasteiger partial charge on any atom is -0.478 e. The SMILES string of the molecule is Cc1noc(C)c1S(=O)(=O)N(CCO)c1ccccc1C(=O)O. The first-order valence-electron chi connectivity index (χ1n) is 6.69. The Hall–Kier alpha value is -2.39. The molecule has 0 spiro atoms. The van der Waals surface area contributed by atoms with Crippen LogP contribution >= 0.6 is 0 Å². The lowest BCUT2D eigenvalue weighted by Crippen LogP contribution is -2.35. The lowest BCUT2D eigenvalue weighted by Gasteiger charge is -2.24. The van der Waals surface area contributed by atoms with E-state index in [4.69, 9.17) is 4.52 Å². The highest BCUT2D eigenvalue weighted by Crippen LogP contribution is 2.30. The number of para-hydroxylation sites is 1. The highest BCUT2D eigenvalue weighted by molar-refractivity contribution is 7.93. The lowest BCUT2D eigenvalue weighted by atomic mass is 10.2. The van der Waals surface area contributed by atoms with E-state index in [-0.39, 0.29) is 34.1 Å². The van der Waals surface area contributed by atoms with Gasteiger partial charge in [0.05, 0.1) is 24.4 Å². The number of rotatable bonds is 6. The van der Waals surface area contributed by atoms with Gasteiger partial charge < -0.3 is 14.7 Å². The van der Waals surface area contributed by atoms with E-state index in [0.29, 0.717) is 0 Å². The molecule has 0 aliphatic heterocycles. The number of nitrogens with zero attached hydrogens (tertiary/aromatic N) is 2. The van der Waals surface area contributed by atoms with Crippen LogP contribution in [0.4, 0.5) is 5.69 Å². The van der Waals surface area contributed by atoms with Crippen LogP contribution in [0.2, 0.25) is 0 Å². The average Bonchev–Trinajstić information content (AvgIpc) is 2.84. The third kappa shape index (κ3) is 3.06. The first kappa shape index (κ1) is 17.0. The van der Waals surface area contributed by atoms with Gasteiger partial charge in [-0.3, -0.25) is 4.31 Å². The van der Waals surface area contributed by atoms with Gasteiger partial charge in [-0.05, 0) is 26.0 Å². The fourth-order valence-electron chi connectivity index (χ4n) is 2.29. The normalized spacial score (nSPS) is 11.4. The highest BCUT2D eigenvalue weighted by atomic mass is 32.2. The predicted molar refractivity (Wildman–Crippen MR) is 81.0 cm³/mol. The van der Waals surface area contributed by atoms with Gasteiger partial charge in [0.25, 0.3) is 10.0 Å². The Morgan fingerprint density at radius 1 is 1.30 bits per heavy atom. The maximum Gasteiger partial charge on any atom is 0.337 e. The van der Waals surface area contributed by atoms with E-state index in [1.807, 2.05) is 0 Å². The third-order valence-corrected chi connectivity index (χ3v) is 5.28. The Morgan fingerprint density at radius 2 is 1.96 bits per heavy atom. The number of aliphatic hydroxyl groups is 1. The molecule has 9 heteroatoms. The fraction of sp³-hybridized carbons (Fsp3) is 0.286. The number of aliphatic hydroxyl groups excluding tert-OH is 1. The molecule has 124 valence electrons. The predicted octanol–water partition coefficient (Wildman–Crippen LogP) is 1.18. The molecule has 1 heterocycles. The average molecular weight is 340 g/mol. The van der Waals surface area contributed by atoms with Crippen LogP contribution in [0.3, 0.4) is 0 Å². The van der Waals surface area contributed by atoms with Crippen LogP contribution in [-0.2, 0) is 10.0 Å². The molecule has 2 aromatic rings. The van der Waals surface area contributed by atoms with Crippen LogP contribution in [0.25, 0.3) is 0 Å². The van der Waals surface area contributed by atoms with Crippen molar-refractivity contribution in [2.24, 2.45) is 0 Å². The largest absolute Gasteiger partial charge is 0.478 e. The molecule has 23 heavy (non-hydrogen) atoms. The molecule has 0 saturated heterocycles. The van der Waals surface area contributed by atoms with Gasteiger partial charge in [0.15, 0.2) is 10.7 Å². The van der Waals surface area contributed by atoms with Gasteiger partial charge in [0, 0.05) is 0 Å². The molecule has 1 aromatic heterocycles. The molecule has 2 rings (SSSR count). The van der Waals surface area contributed by atoms with Crippen LogP contribution in [0.15, 0.2) is 33.7 Å². The van der Waals surface area contributed by atoms with Crippen molar-refractivity contribution in [3.8, 4) is 0 Å². The molecule has 0 amide bonds. The van der Waals surface area contributed by atoms with Gasteiger partial charge in [-0.1, -0.05) is 17.3 Å². The Kier molecular flexibility index (Phi) is 4.71. The number of carboxylic acid groups (broad SMARTS) is 1. The third-order valence-electron chi connectivity index (χ3n) is 3.22. The molecule has 1 aromatic carbocycles. The summed E-state index contributed by atoms with van der Waals surface area (Å²) in [6.07, 6.45) is 0. The van der Waals surface area contributed by atoms with Gasteiger partial charge >= 0.3 is 5.97 Å². The maximum absolute atomic E-state index is 12.9. The molecule has 2 N–H and O–H groups in total. The zero-order valence-electron chi connectivity index (χ0n) is 12.6. The lowest BCUT2D eigenvalue weighted by molar-refractivity contribution is 0.0697. The zero-order valence-corrected chi connectivity index (χ0v) is 13.4. The second-order valence-electron chi connectivity index (χ2n) is 4.78. The van der Waals surface area contributed by atoms with Gasteiger partial charge in [-0.15, -0.1) is 0 Å². The van der Waals surface area contributed by atoms with E-state index >= 15 is 0 Å². The van der Waals surface area contributed by atoms with E-state index < -0.39 is 22.6 Å². The van der Waals surface area contributed by atoms with Gasteiger partial charge in [0.1, 0.15) is 5.69 Å². The number of benzene rings is 1. The van der Waals surface area contributed by atoms with Crippen molar-refractivity contribution >= 4 is 21.7 Å². The van der Waals surface area contributed by atoms with Crippen molar-refractivity contribution in [3.63, 3.8) is 0 Å². The number of sulfonamides is 1. The molecule has 0 radical (unpaired) electrons. The second kappa shape index (κ2) is 6.39. The van der Waals surface area contributed by atoms with Crippen LogP contribution in [0, 0.1) is 13.8 Å². The van der Waals surface area contributed by atoms with Crippen molar-refractivity contribution in [1.82, 2.24) is 5.16 Å². The van der Waals surface area contributed by atoms with Crippen molar-refractivity contribution < 1.29 is 27.9 Å². The summed E-state index contributed by atoms with van der Waals surface area (Å²) in [6.45, 7) is 2.16. The summed E-state index contributed by atoms with van der Waals surface area (Å²) in [6, 6.07) is 5.68. The molecule has 8 nitrogen and oxygen atoms in total. The molecular weight excluding hydrogens is 324 g/mol. The number of aromatic nitrogens is 1. The number of aromatic carboxylic acids is 1. The first-order valence-corrected chi connectivity index (χ1v) is 8.13. The number of carboxylic acids is 1. The smallest absolute Gasteiger partial charge is 0.337 e. The van der Waals surface area contributed by atoms with Gasteiger partial charge in [-0.25, -0.2) is 13.2 Å². The van der Waals surface area contributed by atoms with E-state index in [9.17, 15) is 23.4 Å². The van der Waals surface area contributed by atoms with E-state index in [1.165, 1.54) is 38.1 Å². The quantitative estimate of drug-likeness (QED) is 0.809. The summed E-state index contributed by atoms with van der Waals surface area (Å²) in [7, 11) is -4.14. The number of hydrogen-bond donors (Lipinski definition) is 2. The summed E-state index contributed by atoms with van der Waals surface area (Å²) in [5.74, 6) is -1.17. The van der Waals surface area contributed by atoms with Crippen LogP contribution in [0.5, 0.6) is 0 Å². The zero-order chi connectivity index (χ0) is 17.2. The minimum atomic E-state index is -4.14. The van der Waals surface area contributed by atoms with Crippen molar-refractivity contribution in [3.05, 3.63) is 41.3 Å². The Balaban J connectivity index is 2.67. The Labute approximate surface area is 133 Å². The second-order valence-corrected chi connectivity index (χ2v) is 6.58. The van der Waals surface area contributed by atoms with Crippen LogP contribution < -0.4 is 4.31 Å². The standard InChI is InChI=1S/C14H16N2O6S/c1-9-13(10(2)22-15-9)23(20,21)16(7-8-17)12-6-4-3-5-11(12)14(18)19/h3-6,17H,7-8H2,1-2H3,(H,18,19). The highest BCUT2D eigenvalue weighted by Gasteiger charge is 2.33. The maximum atomic E-state index is 12.9. The topological polar surface area (TPSA) is 121 Å². The van der Waals surface area contributed by atoms with Crippen LogP contribution in [-0.4, -0.2) is 42.9 Å². The van der Waals surface area contributed by atoms with E-state index in [1.54, 1.807) is 0 Å². The molecule has 0 fully saturated rings. The summed E-state index contributed by atoms with van der Waals surface area (Å²) in [4.78, 5) is 11.2. The summed E-state index contributed by atoms with van der Waals surface area (Å²) < 4.78 is 31.6. The van der Waals surface area contributed by atoms with E-state index in [0.717, 1.165) is 4.31 Å². The molecule has 0 aliphatic rings. The van der Waals surface area contributed by atoms with Crippen molar-refractivity contribution in [1.29, 1.82) is 0 Å². The van der Waals surface area contributed by atoms with Crippen molar-refractivity contribution in [2.45, 2.75) is 18.7 Å². The monoisotopic (exact) mass is 340 g/mol. The van der Waals surface area contributed by atoms with Crippen LogP contribution in [0.1, 0.15) is 21.8 Å².